The zero-order chi connectivity index (χ0) is 13.1. The molecule has 1 N–H and O–H groups in total. The molecule has 0 bridgehead atoms. The molecular formula is C13H14ClFN2S. The van der Waals surface area contributed by atoms with E-state index in [1.54, 1.807) is 12.1 Å². The van der Waals surface area contributed by atoms with Gasteiger partial charge in [0.25, 0.3) is 0 Å². The molecule has 1 heterocycles. The van der Waals surface area contributed by atoms with Crippen LogP contribution in [0, 0.1) is 5.82 Å². The van der Waals surface area contributed by atoms with Gasteiger partial charge in [0.1, 0.15) is 10.8 Å². The Morgan fingerprint density at radius 1 is 1.44 bits per heavy atom. The fourth-order valence-corrected chi connectivity index (χ4v) is 2.46. The Balaban J connectivity index is 2.16. The number of halogens is 2. The number of aromatic nitrogens is 1. The van der Waals surface area contributed by atoms with Crippen molar-refractivity contribution in [3.63, 3.8) is 0 Å². The van der Waals surface area contributed by atoms with Gasteiger partial charge in [-0.3, -0.25) is 0 Å². The van der Waals surface area contributed by atoms with Crippen LogP contribution < -0.4 is 5.32 Å². The summed E-state index contributed by atoms with van der Waals surface area (Å²) in [7, 11) is 0. The van der Waals surface area contributed by atoms with Crippen LogP contribution in [0.25, 0.3) is 10.6 Å². The maximum absolute atomic E-state index is 13.1. The first kappa shape index (κ1) is 13.5. The van der Waals surface area contributed by atoms with Crippen LogP contribution in [0.1, 0.15) is 19.5 Å². The van der Waals surface area contributed by atoms with Crippen LogP contribution in [0.5, 0.6) is 0 Å². The lowest BCUT2D eigenvalue weighted by Gasteiger charge is -2.04. The number of nitrogens with one attached hydrogen (secondary N) is 1. The second-order valence-electron chi connectivity index (χ2n) is 4.31. The molecule has 2 nitrogen and oxygen atoms in total. The molecule has 0 aliphatic heterocycles. The van der Waals surface area contributed by atoms with Crippen molar-refractivity contribution in [2.75, 3.05) is 0 Å². The van der Waals surface area contributed by atoms with E-state index in [0.29, 0.717) is 6.04 Å². The van der Waals surface area contributed by atoms with E-state index in [1.807, 2.05) is 5.38 Å². The summed E-state index contributed by atoms with van der Waals surface area (Å²) in [6.07, 6.45) is 0. The molecule has 18 heavy (non-hydrogen) atoms. The summed E-state index contributed by atoms with van der Waals surface area (Å²) < 4.78 is 13.1. The first-order chi connectivity index (χ1) is 8.56. The molecule has 1 aromatic heterocycles. The summed E-state index contributed by atoms with van der Waals surface area (Å²) in [5.41, 5.74) is 1.84. The molecule has 96 valence electrons. The summed E-state index contributed by atoms with van der Waals surface area (Å²) in [4.78, 5) is 4.50. The van der Waals surface area contributed by atoms with Crippen LogP contribution in [-0.4, -0.2) is 11.0 Å². The predicted octanol–water partition coefficient (Wildman–Crippen LogP) is 4.10. The van der Waals surface area contributed by atoms with E-state index < -0.39 is 5.82 Å². The Morgan fingerprint density at radius 3 is 2.89 bits per heavy atom. The number of nitrogens with zero attached hydrogens (tertiary/aromatic N) is 1. The molecule has 0 radical (unpaired) electrons. The van der Waals surface area contributed by atoms with Gasteiger partial charge in [0.15, 0.2) is 0 Å². The van der Waals surface area contributed by atoms with Crippen LogP contribution in [0.15, 0.2) is 23.6 Å². The molecule has 1 aromatic carbocycles. The highest BCUT2D eigenvalue weighted by Gasteiger charge is 2.07. The lowest BCUT2D eigenvalue weighted by atomic mass is 10.2. The van der Waals surface area contributed by atoms with Gasteiger partial charge in [-0.25, -0.2) is 9.37 Å². The standard InChI is InChI=1S/C13H14ClFN2S/c1-8(2)16-6-10-7-18-13(17-10)9-3-4-12(15)11(14)5-9/h3-5,7-8,16H,6H2,1-2H3. The fraction of sp³-hybridized carbons (Fsp3) is 0.308. The summed E-state index contributed by atoms with van der Waals surface area (Å²) in [5, 5.41) is 6.30. The van der Waals surface area contributed by atoms with E-state index >= 15 is 0 Å². The van der Waals surface area contributed by atoms with Crippen LogP contribution in [0.2, 0.25) is 5.02 Å². The van der Waals surface area contributed by atoms with Crippen LogP contribution in [0.4, 0.5) is 4.39 Å². The second kappa shape index (κ2) is 5.78. The Bertz CT molecular complexity index is 540. The van der Waals surface area contributed by atoms with Crippen molar-refractivity contribution in [3.05, 3.63) is 40.1 Å². The summed E-state index contributed by atoms with van der Waals surface area (Å²) in [5.74, 6) is -0.404. The molecule has 5 heteroatoms. The van der Waals surface area contributed by atoms with Crippen molar-refractivity contribution in [1.82, 2.24) is 10.3 Å². The number of benzene rings is 1. The van der Waals surface area contributed by atoms with Crippen molar-refractivity contribution < 1.29 is 4.39 Å². The normalized spacial score (nSPS) is 11.2. The topological polar surface area (TPSA) is 24.9 Å². The Labute approximate surface area is 115 Å². The first-order valence-electron chi connectivity index (χ1n) is 5.69. The molecular weight excluding hydrogens is 271 g/mol. The van der Waals surface area contributed by atoms with E-state index in [9.17, 15) is 4.39 Å². The van der Waals surface area contributed by atoms with E-state index in [-0.39, 0.29) is 5.02 Å². The van der Waals surface area contributed by atoms with Crippen LogP contribution >= 0.6 is 22.9 Å². The number of hydrogen-bond donors (Lipinski definition) is 1. The van der Waals surface area contributed by atoms with E-state index in [4.69, 9.17) is 11.6 Å². The third-order valence-corrected chi connectivity index (χ3v) is 3.64. The van der Waals surface area contributed by atoms with Crippen molar-refractivity contribution in [2.45, 2.75) is 26.4 Å². The molecule has 0 unspecified atom stereocenters. The monoisotopic (exact) mass is 284 g/mol. The van der Waals surface area contributed by atoms with Gasteiger partial charge in [0.05, 0.1) is 10.7 Å². The third kappa shape index (κ3) is 3.28. The Morgan fingerprint density at radius 2 is 2.22 bits per heavy atom. The lowest BCUT2D eigenvalue weighted by Crippen LogP contribution is -2.21. The smallest absolute Gasteiger partial charge is 0.141 e. The molecule has 0 spiro atoms. The van der Waals surface area contributed by atoms with Gasteiger partial charge in [-0.1, -0.05) is 25.4 Å². The summed E-state index contributed by atoms with van der Waals surface area (Å²) >= 11 is 7.30. The van der Waals surface area contributed by atoms with Crippen LogP contribution in [-0.2, 0) is 6.54 Å². The molecule has 0 aliphatic carbocycles. The van der Waals surface area contributed by atoms with E-state index in [1.165, 1.54) is 17.4 Å². The molecule has 0 fully saturated rings. The molecule has 0 saturated carbocycles. The van der Waals surface area contributed by atoms with E-state index in [2.05, 4.69) is 24.1 Å². The minimum absolute atomic E-state index is 0.129. The highest BCUT2D eigenvalue weighted by Crippen LogP contribution is 2.27. The van der Waals surface area contributed by atoms with Crippen molar-refractivity contribution in [1.29, 1.82) is 0 Å². The van der Waals surface area contributed by atoms with Gasteiger partial charge in [-0.05, 0) is 18.2 Å². The summed E-state index contributed by atoms with van der Waals surface area (Å²) in [6.45, 7) is 4.92. The average molecular weight is 285 g/mol. The first-order valence-corrected chi connectivity index (χ1v) is 6.95. The number of thiazole rings is 1. The molecule has 2 aromatic rings. The van der Waals surface area contributed by atoms with Gasteiger partial charge in [-0.15, -0.1) is 11.3 Å². The van der Waals surface area contributed by atoms with Gasteiger partial charge >= 0.3 is 0 Å². The lowest BCUT2D eigenvalue weighted by molar-refractivity contribution is 0.583. The molecule has 0 saturated heterocycles. The van der Waals surface area contributed by atoms with Gasteiger partial charge in [0.2, 0.25) is 0 Å². The van der Waals surface area contributed by atoms with Crippen molar-refractivity contribution >= 4 is 22.9 Å². The SMILES string of the molecule is CC(C)NCc1csc(-c2ccc(F)c(Cl)c2)n1. The minimum atomic E-state index is -0.404. The fourth-order valence-electron chi connectivity index (χ4n) is 1.46. The highest BCUT2D eigenvalue weighted by molar-refractivity contribution is 7.13. The molecule has 0 aliphatic rings. The highest BCUT2D eigenvalue weighted by atomic mass is 35.5. The Hall–Kier alpha value is -0.970. The summed E-state index contributed by atoms with van der Waals surface area (Å²) in [6, 6.07) is 5.09. The molecule has 0 amide bonds. The maximum Gasteiger partial charge on any atom is 0.141 e. The average Bonchev–Trinajstić information content (AvgIpc) is 2.79. The minimum Gasteiger partial charge on any atom is -0.309 e. The molecule has 0 atom stereocenters. The van der Waals surface area contributed by atoms with Crippen molar-refractivity contribution in [2.24, 2.45) is 0 Å². The molecule has 2 rings (SSSR count). The number of hydrogen-bond acceptors (Lipinski definition) is 3. The number of rotatable bonds is 4. The van der Waals surface area contributed by atoms with Crippen molar-refractivity contribution in [3.8, 4) is 10.6 Å². The third-order valence-electron chi connectivity index (χ3n) is 2.41. The Kier molecular flexibility index (Phi) is 4.32. The van der Waals surface area contributed by atoms with Gasteiger partial charge in [-0.2, -0.15) is 0 Å². The predicted molar refractivity (Wildman–Crippen MR) is 74.5 cm³/mol. The zero-order valence-corrected chi connectivity index (χ0v) is 11.8. The zero-order valence-electron chi connectivity index (χ0n) is 10.2. The quantitative estimate of drug-likeness (QED) is 0.914. The maximum atomic E-state index is 13.1. The second-order valence-corrected chi connectivity index (χ2v) is 5.57. The van der Waals surface area contributed by atoms with Gasteiger partial charge < -0.3 is 5.32 Å². The van der Waals surface area contributed by atoms with Crippen LogP contribution in [0.3, 0.4) is 0 Å². The largest absolute Gasteiger partial charge is 0.309 e. The van der Waals surface area contributed by atoms with Gasteiger partial charge in [0, 0.05) is 23.5 Å². The van der Waals surface area contributed by atoms with E-state index in [0.717, 1.165) is 22.8 Å².